The zero-order valence-corrected chi connectivity index (χ0v) is 17.6. The Morgan fingerprint density at radius 1 is 1.19 bits per heavy atom. The first kappa shape index (κ1) is 20.4. The molecule has 31 heavy (non-hydrogen) atoms. The number of hydrogen-bond acceptors (Lipinski definition) is 6. The monoisotopic (exact) mass is 420 g/mol. The van der Waals surface area contributed by atoms with E-state index in [1.807, 2.05) is 35.9 Å². The average molecular weight is 420 g/mol. The Morgan fingerprint density at radius 2 is 1.94 bits per heavy atom. The second-order valence-corrected chi connectivity index (χ2v) is 6.97. The third-order valence-corrected chi connectivity index (χ3v) is 5.11. The molecule has 2 aromatic heterocycles. The van der Waals surface area contributed by atoms with Crippen LogP contribution in [0.5, 0.6) is 11.5 Å². The molecule has 0 bridgehead atoms. The molecule has 0 radical (unpaired) electrons. The van der Waals surface area contributed by atoms with E-state index in [9.17, 15) is 4.79 Å². The zero-order chi connectivity index (χ0) is 22.0. The van der Waals surface area contributed by atoms with E-state index in [1.165, 1.54) is 14.2 Å². The lowest BCUT2D eigenvalue weighted by molar-refractivity contribution is 0.0948. The van der Waals surface area contributed by atoms with Crippen LogP contribution in [0.2, 0.25) is 0 Å². The van der Waals surface area contributed by atoms with Crippen LogP contribution in [0.1, 0.15) is 16.1 Å². The Kier molecular flexibility index (Phi) is 5.59. The molecule has 2 aromatic carbocycles. The fourth-order valence-electron chi connectivity index (χ4n) is 3.57. The number of hydrogen-bond donors (Lipinski definition) is 3. The Hall–Kier alpha value is -3.85. The fraction of sp³-hybridized carbons (Fsp3) is 0.227. The molecular weight excluding hydrogens is 396 g/mol. The molecule has 0 saturated heterocycles. The molecule has 0 aliphatic rings. The molecule has 0 aliphatic heterocycles. The summed E-state index contributed by atoms with van der Waals surface area (Å²) in [5.74, 6) is 0.494. The molecule has 9 nitrogen and oxygen atoms in total. The molecule has 0 spiro atoms. The first-order valence-corrected chi connectivity index (χ1v) is 9.80. The summed E-state index contributed by atoms with van der Waals surface area (Å²) in [5, 5.41) is 9.83. The summed E-state index contributed by atoms with van der Waals surface area (Å²) in [7, 11) is 3.04. The Bertz CT molecular complexity index is 1220. The number of methoxy groups -OCH3 is 2. The third kappa shape index (κ3) is 3.71. The van der Waals surface area contributed by atoms with Crippen molar-refractivity contribution in [3.05, 3.63) is 54.1 Å². The van der Waals surface area contributed by atoms with Crippen molar-refractivity contribution < 1.29 is 14.3 Å². The number of fused-ring (bicyclic) bond motifs is 1. The van der Waals surface area contributed by atoms with Gasteiger partial charge in [0.05, 0.1) is 36.6 Å². The number of aryl methyl sites for hydroxylation is 1. The van der Waals surface area contributed by atoms with Crippen molar-refractivity contribution in [1.29, 1.82) is 0 Å². The van der Waals surface area contributed by atoms with Gasteiger partial charge in [0.2, 0.25) is 0 Å². The van der Waals surface area contributed by atoms with Gasteiger partial charge in [-0.3, -0.25) is 14.5 Å². The first-order chi connectivity index (χ1) is 15.1. The normalized spacial score (nSPS) is 11.0. The van der Waals surface area contributed by atoms with Crippen LogP contribution in [0, 0.1) is 6.92 Å². The molecular formula is C22H24N6O3. The van der Waals surface area contributed by atoms with Crippen LogP contribution in [-0.2, 0) is 0 Å². The summed E-state index contributed by atoms with van der Waals surface area (Å²) in [4.78, 5) is 17.2. The molecule has 9 heteroatoms. The van der Waals surface area contributed by atoms with Gasteiger partial charge in [-0.25, -0.2) is 4.98 Å². The second-order valence-electron chi connectivity index (χ2n) is 6.97. The van der Waals surface area contributed by atoms with Gasteiger partial charge in [0.1, 0.15) is 23.4 Å². The van der Waals surface area contributed by atoms with Crippen molar-refractivity contribution in [3.8, 4) is 28.3 Å². The Balaban J connectivity index is 1.79. The van der Waals surface area contributed by atoms with E-state index in [-0.39, 0.29) is 5.91 Å². The van der Waals surface area contributed by atoms with E-state index in [2.05, 4.69) is 20.5 Å². The maximum Gasteiger partial charge on any atom is 0.258 e. The highest BCUT2D eigenvalue weighted by atomic mass is 16.5. The van der Waals surface area contributed by atoms with E-state index in [4.69, 9.17) is 15.2 Å². The highest BCUT2D eigenvalue weighted by Crippen LogP contribution is 2.34. The van der Waals surface area contributed by atoms with Crippen LogP contribution in [0.25, 0.3) is 27.8 Å². The minimum absolute atomic E-state index is 0.304. The molecule has 160 valence electrons. The average Bonchev–Trinajstić information content (AvgIpc) is 3.41. The number of nitrogens with two attached hydrogens (primary N) is 1. The lowest BCUT2D eigenvalue weighted by atomic mass is 10.1. The van der Waals surface area contributed by atoms with Gasteiger partial charge in [0.25, 0.3) is 5.91 Å². The smallest absolute Gasteiger partial charge is 0.258 e. The van der Waals surface area contributed by atoms with Crippen LogP contribution in [0.15, 0.2) is 42.9 Å². The Morgan fingerprint density at radius 3 is 2.55 bits per heavy atom. The van der Waals surface area contributed by atoms with Crippen LogP contribution in [0.3, 0.4) is 0 Å². The lowest BCUT2D eigenvalue weighted by Gasteiger charge is -2.16. The summed E-state index contributed by atoms with van der Waals surface area (Å²) in [6.45, 7) is 2.66. The second kappa shape index (κ2) is 8.49. The van der Waals surface area contributed by atoms with Crippen LogP contribution < -0.4 is 20.5 Å². The molecule has 4 rings (SSSR count). The predicted molar refractivity (Wildman–Crippen MR) is 118 cm³/mol. The van der Waals surface area contributed by atoms with Crippen LogP contribution >= 0.6 is 0 Å². The van der Waals surface area contributed by atoms with Crippen molar-refractivity contribution in [3.63, 3.8) is 0 Å². The molecule has 4 aromatic rings. The summed E-state index contributed by atoms with van der Waals surface area (Å²) in [6, 6.07) is 9.63. The molecule has 0 aliphatic carbocycles. The lowest BCUT2D eigenvalue weighted by Crippen LogP contribution is -2.29. The number of H-pyrrole nitrogens is 1. The number of aromatic nitrogens is 4. The number of amides is 1. The van der Waals surface area contributed by atoms with E-state index in [0.717, 1.165) is 33.5 Å². The predicted octanol–water partition coefficient (Wildman–Crippen LogP) is 2.43. The number of imidazole rings is 1. The highest BCUT2D eigenvalue weighted by Gasteiger charge is 2.21. The van der Waals surface area contributed by atoms with Crippen molar-refractivity contribution in [1.82, 2.24) is 25.1 Å². The van der Waals surface area contributed by atoms with Gasteiger partial charge >= 0.3 is 0 Å². The molecule has 0 fully saturated rings. The standard InChI is InChI=1S/C22H24N6O3/c1-13-16(11-26-27-13)14-4-5-18-17(8-14)25-12-28(18)15-9-19(30-2)21(20(10-15)31-3)22(29)24-7-6-23/h4-5,8-12H,6-7,23H2,1-3H3,(H,24,29)(H,26,27). The van der Waals surface area contributed by atoms with Gasteiger partial charge in [-0.2, -0.15) is 5.10 Å². The van der Waals surface area contributed by atoms with Gasteiger partial charge in [-0.05, 0) is 24.6 Å². The van der Waals surface area contributed by atoms with Crippen molar-refractivity contribution in [2.75, 3.05) is 27.3 Å². The van der Waals surface area contributed by atoms with Crippen molar-refractivity contribution in [2.45, 2.75) is 6.92 Å². The number of nitrogens with zero attached hydrogens (tertiary/aromatic N) is 3. The molecule has 0 atom stereocenters. The molecule has 1 amide bonds. The number of carbonyl (C=O) groups excluding carboxylic acids is 1. The van der Waals surface area contributed by atoms with Gasteiger partial charge in [0.15, 0.2) is 0 Å². The minimum atomic E-state index is -0.304. The Labute approximate surface area is 179 Å². The number of rotatable bonds is 7. The maximum absolute atomic E-state index is 12.6. The number of benzene rings is 2. The molecule has 4 N–H and O–H groups in total. The fourth-order valence-corrected chi connectivity index (χ4v) is 3.57. The SMILES string of the molecule is COc1cc(-n2cnc3cc(-c4c[nH]nc4C)ccc32)cc(OC)c1C(=O)NCCN. The van der Waals surface area contributed by atoms with Crippen LogP contribution in [0.4, 0.5) is 0 Å². The van der Waals surface area contributed by atoms with Gasteiger partial charge in [-0.15, -0.1) is 0 Å². The summed E-state index contributed by atoms with van der Waals surface area (Å²) in [6.07, 6.45) is 3.61. The molecule has 2 heterocycles. The minimum Gasteiger partial charge on any atom is -0.496 e. The maximum atomic E-state index is 12.6. The first-order valence-electron chi connectivity index (χ1n) is 9.80. The van der Waals surface area contributed by atoms with Crippen molar-refractivity contribution >= 4 is 16.9 Å². The third-order valence-electron chi connectivity index (χ3n) is 5.11. The molecule has 0 unspecified atom stereocenters. The van der Waals surface area contributed by atoms with E-state index in [0.29, 0.717) is 30.2 Å². The van der Waals surface area contributed by atoms with Crippen LogP contribution in [-0.4, -0.2) is 53.0 Å². The zero-order valence-electron chi connectivity index (χ0n) is 17.6. The summed E-state index contributed by atoms with van der Waals surface area (Å²) < 4.78 is 12.9. The van der Waals surface area contributed by atoms with E-state index in [1.54, 1.807) is 18.5 Å². The summed E-state index contributed by atoms with van der Waals surface area (Å²) >= 11 is 0. The number of nitrogens with one attached hydrogen (secondary N) is 2. The number of ether oxygens (including phenoxy) is 2. The van der Waals surface area contributed by atoms with Gasteiger partial charge in [0, 0.05) is 37.0 Å². The number of carbonyl (C=O) groups is 1. The summed E-state index contributed by atoms with van der Waals surface area (Å²) in [5.41, 5.74) is 11.3. The molecule has 0 saturated carbocycles. The quantitative estimate of drug-likeness (QED) is 0.422. The van der Waals surface area contributed by atoms with Crippen molar-refractivity contribution in [2.24, 2.45) is 5.73 Å². The number of aromatic amines is 1. The van der Waals surface area contributed by atoms with E-state index >= 15 is 0 Å². The topological polar surface area (TPSA) is 120 Å². The van der Waals surface area contributed by atoms with E-state index < -0.39 is 0 Å². The van der Waals surface area contributed by atoms with Gasteiger partial charge in [-0.1, -0.05) is 6.07 Å². The van der Waals surface area contributed by atoms with Gasteiger partial charge < -0.3 is 20.5 Å². The largest absolute Gasteiger partial charge is 0.496 e. The highest BCUT2D eigenvalue weighted by molar-refractivity contribution is 6.00.